The number of hydrogen-bond acceptors (Lipinski definition) is 9. The number of carbonyl (C=O) groups is 1. The third kappa shape index (κ3) is 5.87. The van der Waals surface area contributed by atoms with E-state index in [9.17, 15) is 23.2 Å². The van der Waals surface area contributed by atoms with Crippen LogP contribution in [-0.2, 0) is 13.1 Å². The maximum Gasteiger partial charge on any atom is 0.327 e. The average molecular weight is 676 g/mol. The van der Waals surface area contributed by atoms with Crippen LogP contribution in [0, 0.1) is 17.5 Å². The molecule has 2 amide bonds. The summed E-state index contributed by atoms with van der Waals surface area (Å²) in [5, 5.41) is 11.1. The number of nitrogens with zero attached hydrogens (tertiary/aromatic N) is 7. The van der Waals surface area contributed by atoms with Crippen molar-refractivity contribution in [2.45, 2.75) is 20.0 Å². The van der Waals surface area contributed by atoms with Gasteiger partial charge in [-0.25, -0.2) is 27.3 Å². The van der Waals surface area contributed by atoms with Crippen molar-refractivity contribution >= 4 is 57.0 Å². The molecule has 5 heterocycles. The summed E-state index contributed by atoms with van der Waals surface area (Å²) < 4.78 is 67.0. The number of anilines is 3. The molecule has 0 saturated carbocycles. The topological polar surface area (TPSA) is 143 Å². The quantitative estimate of drug-likeness (QED) is 0.192. The number of aromatic nitrogens is 5. The lowest BCUT2D eigenvalue weighted by Gasteiger charge is -2.34. The number of hydrogen-bond donors (Lipinski definition) is 2. The van der Waals surface area contributed by atoms with Gasteiger partial charge in [-0.3, -0.25) is 14.9 Å². The largest absolute Gasteiger partial charge is 0.403 e. The summed E-state index contributed by atoms with van der Waals surface area (Å²) in [6.45, 7) is 2.58. The first-order chi connectivity index (χ1) is 22.5. The number of carbonyl (C=O) groups excluding carboxylic acids is 1. The normalized spacial score (nSPS) is 13.9. The summed E-state index contributed by atoms with van der Waals surface area (Å²) >= 11 is 5.77. The summed E-state index contributed by atoms with van der Waals surface area (Å²) in [6, 6.07) is 0.303. The summed E-state index contributed by atoms with van der Waals surface area (Å²) in [7, 11) is 1.89. The van der Waals surface area contributed by atoms with E-state index >= 15 is 8.78 Å². The van der Waals surface area contributed by atoms with Gasteiger partial charge in [-0.1, -0.05) is 16.7 Å². The third-order valence-corrected chi connectivity index (χ3v) is 8.06. The van der Waals surface area contributed by atoms with Gasteiger partial charge in [0.1, 0.15) is 35.1 Å². The van der Waals surface area contributed by atoms with E-state index in [1.54, 1.807) is 11.8 Å². The molecule has 0 spiro atoms. The van der Waals surface area contributed by atoms with Crippen molar-refractivity contribution in [3.63, 3.8) is 0 Å². The molecule has 1 saturated heterocycles. The standard InChI is InChI=1S/C29H26ClF4N9O4/c1-3-41-13-19(24(45)15-11-18(33)25(30)36-26(15)41)35-28(46)37-29-39-38-27(47-29)16-12-43(5-4-31)21-14(23(16)44)10-17(32)22(20(21)34)42-8-6-40(2)7-9-42/h10-13H,3-9H2,1-2H3,(H2,35,37,39,46). The van der Waals surface area contributed by atoms with E-state index in [0.29, 0.717) is 32.7 Å². The second-order valence-corrected chi connectivity index (χ2v) is 11.1. The van der Waals surface area contributed by atoms with Gasteiger partial charge in [-0.15, -0.1) is 5.10 Å². The van der Waals surface area contributed by atoms with Gasteiger partial charge in [0.25, 0.3) is 5.89 Å². The fourth-order valence-corrected chi connectivity index (χ4v) is 5.58. The number of urea groups is 1. The summed E-state index contributed by atoms with van der Waals surface area (Å²) in [6.07, 6.45) is 2.42. The van der Waals surface area contributed by atoms with Crippen LogP contribution in [0.2, 0.25) is 5.15 Å². The van der Waals surface area contributed by atoms with Crippen molar-refractivity contribution in [1.82, 2.24) is 29.2 Å². The Morgan fingerprint density at radius 3 is 2.40 bits per heavy atom. The number of likely N-dealkylation sites (N-methyl/N-ethyl adjacent to an activating group) is 1. The van der Waals surface area contributed by atoms with Gasteiger partial charge in [0.2, 0.25) is 10.9 Å². The van der Waals surface area contributed by atoms with Crippen LogP contribution in [0.4, 0.5) is 39.7 Å². The lowest BCUT2D eigenvalue weighted by atomic mass is 10.1. The molecule has 0 aliphatic carbocycles. The van der Waals surface area contributed by atoms with E-state index in [2.05, 4.69) is 25.8 Å². The second kappa shape index (κ2) is 12.6. The fraction of sp³-hybridized carbons (Fsp3) is 0.310. The minimum absolute atomic E-state index is 0.112. The smallest absolute Gasteiger partial charge is 0.327 e. The number of nitrogens with one attached hydrogen (secondary N) is 2. The third-order valence-electron chi connectivity index (χ3n) is 7.80. The van der Waals surface area contributed by atoms with Gasteiger partial charge in [0.15, 0.2) is 16.8 Å². The summed E-state index contributed by atoms with van der Waals surface area (Å²) in [4.78, 5) is 46.7. The highest BCUT2D eigenvalue weighted by Gasteiger charge is 2.27. The van der Waals surface area contributed by atoms with Crippen molar-refractivity contribution in [2.75, 3.05) is 55.4 Å². The molecule has 18 heteroatoms. The van der Waals surface area contributed by atoms with Gasteiger partial charge in [0, 0.05) is 45.1 Å². The molecule has 0 unspecified atom stereocenters. The molecule has 0 atom stereocenters. The van der Waals surface area contributed by atoms with Crippen LogP contribution < -0.4 is 26.4 Å². The van der Waals surface area contributed by atoms with Crippen molar-refractivity contribution in [3.05, 3.63) is 67.6 Å². The zero-order chi connectivity index (χ0) is 33.6. The van der Waals surface area contributed by atoms with Crippen LogP contribution in [0.25, 0.3) is 33.4 Å². The Morgan fingerprint density at radius 2 is 1.70 bits per heavy atom. The average Bonchev–Trinajstić information content (AvgIpc) is 3.49. The van der Waals surface area contributed by atoms with Gasteiger partial charge in [-0.2, -0.15) is 0 Å². The van der Waals surface area contributed by atoms with E-state index in [-0.39, 0.29) is 45.4 Å². The first kappa shape index (κ1) is 31.9. The van der Waals surface area contributed by atoms with E-state index < -0.39 is 58.1 Å². The highest BCUT2D eigenvalue weighted by Crippen LogP contribution is 2.32. The molecule has 1 aliphatic rings. The zero-order valence-corrected chi connectivity index (χ0v) is 25.7. The number of fused-ring (bicyclic) bond motifs is 2. The molecule has 5 aromatic rings. The first-order valence-corrected chi connectivity index (χ1v) is 14.7. The fourth-order valence-electron chi connectivity index (χ4n) is 5.44. The van der Waals surface area contributed by atoms with Crippen molar-refractivity contribution in [2.24, 2.45) is 0 Å². The van der Waals surface area contributed by atoms with E-state index in [0.717, 1.165) is 22.9 Å². The monoisotopic (exact) mass is 675 g/mol. The predicted octanol–water partition coefficient (Wildman–Crippen LogP) is 4.22. The number of benzene rings is 1. The number of rotatable bonds is 7. The molecule has 0 bridgehead atoms. The molecule has 13 nitrogen and oxygen atoms in total. The summed E-state index contributed by atoms with van der Waals surface area (Å²) in [5.41, 5.74) is -2.61. The zero-order valence-electron chi connectivity index (χ0n) is 24.9. The Morgan fingerprint density at radius 1 is 0.979 bits per heavy atom. The number of aryl methyl sites for hydroxylation is 2. The molecule has 2 N–H and O–H groups in total. The van der Waals surface area contributed by atoms with Crippen molar-refractivity contribution in [1.29, 1.82) is 0 Å². The molecular weight excluding hydrogens is 650 g/mol. The Balaban J connectivity index is 1.31. The maximum atomic E-state index is 15.9. The lowest BCUT2D eigenvalue weighted by molar-refractivity contribution is 0.261. The molecule has 6 rings (SSSR count). The Labute approximate surface area is 267 Å². The molecular formula is C29H26ClF4N9O4. The number of pyridine rings is 3. The number of amides is 2. The van der Waals surface area contributed by atoms with Gasteiger partial charge in [-0.05, 0) is 26.1 Å². The van der Waals surface area contributed by atoms with Gasteiger partial charge >= 0.3 is 12.0 Å². The molecule has 1 aromatic carbocycles. The van der Waals surface area contributed by atoms with Crippen molar-refractivity contribution < 1.29 is 26.8 Å². The maximum absolute atomic E-state index is 15.9. The van der Waals surface area contributed by atoms with Crippen LogP contribution in [-0.4, -0.2) is 75.1 Å². The molecule has 47 heavy (non-hydrogen) atoms. The van der Waals surface area contributed by atoms with Gasteiger partial charge in [0.05, 0.1) is 22.8 Å². The van der Waals surface area contributed by atoms with Crippen LogP contribution in [0.1, 0.15) is 6.92 Å². The van der Waals surface area contributed by atoms with E-state index in [4.69, 9.17) is 16.0 Å². The van der Waals surface area contributed by atoms with Crippen LogP contribution in [0.3, 0.4) is 0 Å². The molecule has 4 aromatic heterocycles. The van der Waals surface area contributed by atoms with Gasteiger partial charge < -0.3 is 28.7 Å². The molecule has 1 aliphatic heterocycles. The molecule has 1 fully saturated rings. The van der Waals surface area contributed by atoms with E-state index in [1.807, 2.05) is 11.9 Å². The Kier molecular flexibility index (Phi) is 8.59. The first-order valence-electron chi connectivity index (χ1n) is 14.4. The number of piperazine rings is 1. The Hall–Kier alpha value is -5.03. The highest BCUT2D eigenvalue weighted by molar-refractivity contribution is 6.29. The van der Waals surface area contributed by atoms with Crippen molar-refractivity contribution in [3.8, 4) is 11.5 Å². The number of alkyl halides is 1. The minimum atomic E-state index is -1.00. The minimum Gasteiger partial charge on any atom is -0.403 e. The predicted molar refractivity (Wildman–Crippen MR) is 166 cm³/mol. The Bertz CT molecular complexity index is 2160. The lowest BCUT2D eigenvalue weighted by Crippen LogP contribution is -2.45. The summed E-state index contributed by atoms with van der Waals surface area (Å²) in [5.74, 6) is -3.30. The number of halogens is 5. The van der Waals surface area contributed by atoms with Crippen LogP contribution in [0.5, 0.6) is 0 Å². The molecule has 0 radical (unpaired) electrons. The van der Waals surface area contributed by atoms with Crippen LogP contribution in [0.15, 0.2) is 38.5 Å². The van der Waals surface area contributed by atoms with Crippen LogP contribution >= 0.6 is 11.6 Å². The SMILES string of the molecule is CCn1cc(NC(=O)Nc2nnc(-c3cn(CCF)c4c(F)c(N5CCN(C)CC5)c(F)cc4c3=O)o2)c(=O)c2cc(F)c(Cl)nc21. The highest BCUT2D eigenvalue weighted by atomic mass is 35.5. The molecule has 246 valence electrons. The van der Waals surface area contributed by atoms with E-state index in [1.165, 1.54) is 10.8 Å². The second-order valence-electron chi connectivity index (χ2n) is 10.7.